The average molecular weight is 263 g/mol. The minimum Gasteiger partial charge on any atom is -0.377 e. The molecule has 1 unspecified atom stereocenters. The van der Waals surface area contributed by atoms with Gasteiger partial charge in [-0.05, 0) is 38.4 Å². The first-order chi connectivity index (χ1) is 9.28. The van der Waals surface area contributed by atoms with Crippen LogP contribution in [0.25, 0.3) is 0 Å². The minimum absolute atomic E-state index is 0.409. The first-order valence-corrected chi connectivity index (χ1v) is 7.28. The van der Waals surface area contributed by atoms with Gasteiger partial charge in [0.15, 0.2) is 0 Å². The van der Waals surface area contributed by atoms with Gasteiger partial charge in [-0.1, -0.05) is 13.0 Å². The maximum absolute atomic E-state index is 5.66. The summed E-state index contributed by atoms with van der Waals surface area (Å²) < 4.78 is 5.66. The minimum atomic E-state index is 0.409. The largest absolute Gasteiger partial charge is 0.377 e. The van der Waals surface area contributed by atoms with E-state index in [4.69, 9.17) is 4.74 Å². The lowest BCUT2D eigenvalue weighted by molar-refractivity contribution is 0.0790. The molecule has 4 heteroatoms. The van der Waals surface area contributed by atoms with Crippen LogP contribution in [0.4, 0.5) is 5.82 Å². The molecule has 2 rings (SSSR count). The number of rotatable bonds is 7. The van der Waals surface area contributed by atoms with Crippen LogP contribution in [-0.2, 0) is 11.3 Å². The second-order valence-corrected chi connectivity index (χ2v) is 5.27. The Morgan fingerprint density at radius 2 is 2.37 bits per heavy atom. The second kappa shape index (κ2) is 7.46. The van der Waals surface area contributed by atoms with E-state index in [0.717, 1.165) is 44.2 Å². The van der Waals surface area contributed by atoms with Crippen molar-refractivity contribution in [2.24, 2.45) is 0 Å². The molecule has 4 nitrogen and oxygen atoms in total. The third-order valence-electron chi connectivity index (χ3n) is 3.33. The molecule has 0 spiro atoms. The summed E-state index contributed by atoms with van der Waals surface area (Å²) in [5.74, 6) is 0.977. The highest BCUT2D eigenvalue weighted by molar-refractivity contribution is 5.35. The third-order valence-corrected chi connectivity index (χ3v) is 3.33. The van der Waals surface area contributed by atoms with Gasteiger partial charge in [0, 0.05) is 26.2 Å². The summed E-state index contributed by atoms with van der Waals surface area (Å²) >= 11 is 0. The summed E-state index contributed by atoms with van der Waals surface area (Å²) in [6, 6.07) is 6.18. The van der Waals surface area contributed by atoms with Crippen LogP contribution >= 0.6 is 0 Å². The van der Waals surface area contributed by atoms with E-state index in [1.165, 1.54) is 12.8 Å². The molecule has 106 valence electrons. The zero-order chi connectivity index (χ0) is 13.5. The predicted octanol–water partition coefficient (Wildman–Crippen LogP) is 2.51. The number of likely N-dealkylation sites (N-methyl/N-ethyl adjacent to an activating group) is 1. The molecule has 2 heterocycles. The molecule has 0 radical (unpaired) electrons. The molecule has 0 saturated carbocycles. The van der Waals surface area contributed by atoms with Crippen LogP contribution < -0.4 is 5.32 Å². The van der Waals surface area contributed by atoms with Crippen molar-refractivity contribution in [1.29, 1.82) is 0 Å². The highest BCUT2D eigenvalue weighted by Gasteiger charge is 2.17. The number of pyridine rings is 1. The van der Waals surface area contributed by atoms with Gasteiger partial charge in [0.05, 0.1) is 11.8 Å². The molecule has 1 saturated heterocycles. The van der Waals surface area contributed by atoms with Gasteiger partial charge in [-0.25, -0.2) is 4.98 Å². The number of ether oxygens (including phenoxy) is 1. The number of aromatic nitrogens is 1. The van der Waals surface area contributed by atoms with Crippen molar-refractivity contribution in [3.63, 3.8) is 0 Å². The van der Waals surface area contributed by atoms with Crippen molar-refractivity contribution in [3.8, 4) is 0 Å². The Kier molecular flexibility index (Phi) is 5.61. The molecule has 19 heavy (non-hydrogen) atoms. The van der Waals surface area contributed by atoms with Crippen LogP contribution in [0.5, 0.6) is 0 Å². The number of nitrogens with zero attached hydrogens (tertiary/aromatic N) is 2. The molecular weight excluding hydrogens is 238 g/mol. The first-order valence-electron chi connectivity index (χ1n) is 7.28. The maximum Gasteiger partial charge on any atom is 0.126 e. The Labute approximate surface area is 116 Å². The van der Waals surface area contributed by atoms with Crippen LogP contribution in [-0.4, -0.2) is 42.7 Å². The molecule has 0 bridgehead atoms. The summed E-state index contributed by atoms with van der Waals surface area (Å²) in [5, 5.41) is 3.33. The van der Waals surface area contributed by atoms with E-state index in [1.54, 1.807) is 0 Å². The Morgan fingerprint density at radius 3 is 3.11 bits per heavy atom. The summed E-state index contributed by atoms with van der Waals surface area (Å²) in [6.45, 7) is 5.93. The van der Waals surface area contributed by atoms with E-state index >= 15 is 0 Å². The second-order valence-electron chi connectivity index (χ2n) is 5.27. The smallest absolute Gasteiger partial charge is 0.126 e. The topological polar surface area (TPSA) is 37.4 Å². The molecule has 1 atom stereocenters. The van der Waals surface area contributed by atoms with Crippen molar-refractivity contribution >= 4 is 5.82 Å². The Morgan fingerprint density at radius 1 is 1.47 bits per heavy atom. The standard InChI is InChI=1S/C15H25N3O/c1-3-9-16-15-8-4-6-13(17-15)11-18(2)12-14-7-5-10-19-14/h4,6,8,14H,3,5,7,9-12H2,1-2H3,(H,16,17). The fourth-order valence-corrected chi connectivity index (χ4v) is 2.40. The Balaban J connectivity index is 1.83. The van der Waals surface area contributed by atoms with Gasteiger partial charge < -0.3 is 10.1 Å². The van der Waals surface area contributed by atoms with E-state index in [-0.39, 0.29) is 0 Å². The van der Waals surface area contributed by atoms with Gasteiger partial charge in [-0.2, -0.15) is 0 Å². The van der Waals surface area contributed by atoms with Crippen molar-refractivity contribution in [2.45, 2.75) is 38.8 Å². The molecule has 1 aliphatic heterocycles. The van der Waals surface area contributed by atoms with Crippen molar-refractivity contribution in [1.82, 2.24) is 9.88 Å². The van der Waals surface area contributed by atoms with Crippen LogP contribution in [0, 0.1) is 0 Å². The molecule has 0 aromatic carbocycles. The first kappa shape index (κ1) is 14.3. The number of hydrogen-bond acceptors (Lipinski definition) is 4. The monoisotopic (exact) mass is 263 g/mol. The normalized spacial score (nSPS) is 19.0. The van der Waals surface area contributed by atoms with E-state index < -0.39 is 0 Å². The number of anilines is 1. The molecular formula is C15H25N3O. The molecule has 0 amide bonds. The highest BCUT2D eigenvalue weighted by atomic mass is 16.5. The predicted molar refractivity (Wildman–Crippen MR) is 78.3 cm³/mol. The Bertz CT molecular complexity index is 377. The van der Waals surface area contributed by atoms with Gasteiger partial charge in [-0.15, -0.1) is 0 Å². The summed E-state index contributed by atoms with van der Waals surface area (Å²) in [6.07, 6.45) is 3.92. The van der Waals surface area contributed by atoms with Crippen molar-refractivity contribution in [2.75, 3.05) is 32.1 Å². The van der Waals surface area contributed by atoms with Crippen LogP contribution in [0.3, 0.4) is 0 Å². The quantitative estimate of drug-likeness (QED) is 0.820. The lowest BCUT2D eigenvalue weighted by Crippen LogP contribution is -2.28. The van der Waals surface area contributed by atoms with E-state index in [9.17, 15) is 0 Å². The van der Waals surface area contributed by atoms with Gasteiger partial charge in [0.1, 0.15) is 5.82 Å². The number of hydrogen-bond donors (Lipinski definition) is 1. The highest BCUT2D eigenvalue weighted by Crippen LogP contribution is 2.14. The van der Waals surface area contributed by atoms with Crippen molar-refractivity contribution in [3.05, 3.63) is 23.9 Å². The van der Waals surface area contributed by atoms with Gasteiger partial charge in [0.25, 0.3) is 0 Å². The van der Waals surface area contributed by atoms with Crippen LogP contribution in [0.15, 0.2) is 18.2 Å². The zero-order valence-electron chi connectivity index (χ0n) is 12.1. The lowest BCUT2D eigenvalue weighted by atomic mass is 10.2. The van der Waals surface area contributed by atoms with E-state index in [2.05, 4.69) is 41.3 Å². The van der Waals surface area contributed by atoms with Gasteiger partial charge >= 0.3 is 0 Å². The molecule has 1 N–H and O–H groups in total. The summed E-state index contributed by atoms with van der Waals surface area (Å²) in [4.78, 5) is 6.92. The van der Waals surface area contributed by atoms with Crippen molar-refractivity contribution < 1.29 is 4.74 Å². The summed E-state index contributed by atoms with van der Waals surface area (Å²) in [7, 11) is 2.13. The maximum atomic E-state index is 5.66. The van der Waals surface area contributed by atoms with E-state index in [1.807, 2.05) is 6.07 Å². The van der Waals surface area contributed by atoms with E-state index in [0.29, 0.717) is 6.10 Å². The molecule has 0 aliphatic carbocycles. The Hall–Kier alpha value is -1.13. The third kappa shape index (κ3) is 4.80. The van der Waals surface area contributed by atoms with Crippen LogP contribution in [0.1, 0.15) is 31.9 Å². The van der Waals surface area contributed by atoms with Crippen LogP contribution in [0.2, 0.25) is 0 Å². The number of nitrogens with one attached hydrogen (secondary N) is 1. The fourth-order valence-electron chi connectivity index (χ4n) is 2.40. The zero-order valence-corrected chi connectivity index (χ0v) is 12.1. The lowest BCUT2D eigenvalue weighted by Gasteiger charge is -2.20. The molecule has 1 aliphatic rings. The fraction of sp³-hybridized carbons (Fsp3) is 0.667. The van der Waals surface area contributed by atoms with Gasteiger partial charge in [0.2, 0.25) is 0 Å². The molecule has 1 aromatic heterocycles. The average Bonchev–Trinajstić information content (AvgIpc) is 2.89. The summed E-state index contributed by atoms with van der Waals surface area (Å²) in [5.41, 5.74) is 1.11. The van der Waals surface area contributed by atoms with Gasteiger partial charge in [-0.3, -0.25) is 4.90 Å². The SMILES string of the molecule is CCCNc1cccc(CN(C)CC2CCCO2)n1. The molecule has 1 aromatic rings. The molecule has 1 fully saturated rings.